The zero-order chi connectivity index (χ0) is 23.6. The Morgan fingerprint density at radius 2 is 1.97 bits per heavy atom. The third-order valence-electron chi connectivity index (χ3n) is 5.35. The number of aromatic nitrogens is 1. The highest BCUT2D eigenvalue weighted by atomic mass is 32.2. The Kier molecular flexibility index (Phi) is 6.77. The van der Waals surface area contributed by atoms with E-state index in [4.69, 9.17) is 0 Å². The van der Waals surface area contributed by atoms with Crippen molar-refractivity contribution in [3.05, 3.63) is 54.4 Å². The van der Waals surface area contributed by atoms with Gasteiger partial charge in [0.15, 0.2) is 5.17 Å². The highest BCUT2D eigenvalue weighted by Gasteiger charge is 2.50. The number of benzene rings is 1. The van der Waals surface area contributed by atoms with Crippen LogP contribution in [0.3, 0.4) is 0 Å². The van der Waals surface area contributed by atoms with E-state index in [9.17, 15) is 28.2 Å². The van der Waals surface area contributed by atoms with E-state index >= 15 is 0 Å². The Labute approximate surface area is 191 Å². The van der Waals surface area contributed by atoms with Crippen molar-refractivity contribution in [2.24, 2.45) is 10.9 Å². The average Bonchev–Trinajstić information content (AvgIpc) is 3.19. The molecule has 176 valence electrons. The number of aliphatic imine (C=N–C) groups is 1. The Balaban J connectivity index is 1.41. The number of pyridine rings is 1. The van der Waals surface area contributed by atoms with Crippen LogP contribution in [0.15, 0.2) is 53.8 Å². The van der Waals surface area contributed by atoms with Crippen molar-refractivity contribution in [1.82, 2.24) is 10.3 Å². The van der Waals surface area contributed by atoms with E-state index in [-0.39, 0.29) is 24.6 Å². The summed E-state index contributed by atoms with van der Waals surface area (Å²) in [7, 11) is 0. The van der Waals surface area contributed by atoms with Crippen molar-refractivity contribution in [2.45, 2.75) is 42.8 Å². The summed E-state index contributed by atoms with van der Waals surface area (Å²) in [6, 6.07) is 8.01. The summed E-state index contributed by atoms with van der Waals surface area (Å²) in [6.45, 7) is 0.280. The molecule has 1 aliphatic carbocycles. The molecule has 0 unspecified atom stereocenters. The maximum atomic E-state index is 12.9. The topological polar surface area (TPSA) is 116 Å². The quantitative estimate of drug-likeness (QED) is 0.517. The number of amides is 1. The summed E-state index contributed by atoms with van der Waals surface area (Å²) in [5.74, 6) is -1.22. The van der Waals surface area contributed by atoms with Crippen LogP contribution in [0.5, 0.6) is 5.75 Å². The lowest BCUT2D eigenvalue weighted by atomic mass is 9.81. The van der Waals surface area contributed by atoms with Crippen molar-refractivity contribution in [1.29, 1.82) is 0 Å². The molecule has 1 amide bonds. The van der Waals surface area contributed by atoms with E-state index in [1.54, 1.807) is 18.5 Å². The highest BCUT2D eigenvalue weighted by Crippen LogP contribution is 2.41. The molecule has 1 saturated carbocycles. The van der Waals surface area contributed by atoms with Gasteiger partial charge in [-0.15, -0.1) is 13.2 Å². The Morgan fingerprint density at radius 1 is 1.21 bits per heavy atom. The molecule has 12 heteroatoms. The number of anilines is 1. The highest BCUT2D eigenvalue weighted by molar-refractivity contribution is 8.15. The molecule has 1 fully saturated rings. The van der Waals surface area contributed by atoms with Gasteiger partial charge < -0.3 is 25.6 Å². The van der Waals surface area contributed by atoms with Crippen LogP contribution >= 0.6 is 11.8 Å². The number of amidine groups is 1. The molecule has 5 atom stereocenters. The number of carbonyl (C=O) groups excluding carboxylic acids is 1. The molecule has 4 rings (SSSR count). The minimum Gasteiger partial charge on any atom is -0.406 e. The first kappa shape index (κ1) is 23.3. The first-order valence-electron chi connectivity index (χ1n) is 10.1. The fraction of sp³-hybridized carbons (Fsp3) is 0.381. The smallest absolute Gasteiger partial charge is 0.406 e. The van der Waals surface area contributed by atoms with Crippen LogP contribution < -0.4 is 15.4 Å². The minimum absolute atomic E-state index is 0.0838. The van der Waals surface area contributed by atoms with E-state index in [0.29, 0.717) is 10.9 Å². The molecule has 0 bridgehead atoms. The molecule has 0 spiro atoms. The summed E-state index contributed by atoms with van der Waals surface area (Å²) in [5, 5.41) is 26.5. The fourth-order valence-corrected chi connectivity index (χ4v) is 5.17. The number of carbonyl (C=O) groups is 1. The minimum atomic E-state index is -4.78. The molecule has 33 heavy (non-hydrogen) atoms. The first-order chi connectivity index (χ1) is 15.7. The predicted molar refractivity (Wildman–Crippen MR) is 116 cm³/mol. The number of nitrogens with one attached hydrogen (secondary N) is 2. The number of fused-ring (bicyclic) bond motifs is 1. The summed E-state index contributed by atoms with van der Waals surface area (Å²) in [6.07, 6.45) is -3.66. The molecule has 1 aromatic carbocycles. The third-order valence-corrected chi connectivity index (χ3v) is 6.66. The van der Waals surface area contributed by atoms with Gasteiger partial charge in [0.05, 0.1) is 18.1 Å². The van der Waals surface area contributed by atoms with Gasteiger partial charge in [-0.2, -0.15) is 0 Å². The molecule has 2 aromatic rings. The van der Waals surface area contributed by atoms with Crippen LogP contribution in [0.4, 0.5) is 18.9 Å². The van der Waals surface area contributed by atoms with Crippen LogP contribution in [-0.4, -0.2) is 56.1 Å². The normalized spacial score (nSPS) is 26.8. The molecular formula is C21H21F3N4O4S. The second kappa shape index (κ2) is 9.57. The lowest BCUT2D eigenvalue weighted by Crippen LogP contribution is -2.53. The molecule has 2 aliphatic rings. The zero-order valence-electron chi connectivity index (χ0n) is 17.1. The van der Waals surface area contributed by atoms with Crippen molar-refractivity contribution >= 4 is 28.5 Å². The van der Waals surface area contributed by atoms with Gasteiger partial charge in [-0.1, -0.05) is 17.8 Å². The van der Waals surface area contributed by atoms with Crippen LogP contribution in [-0.2, 0) is 11.3 Å². The second-order valence-electron chi connectivity index (χ2n) is 7.68. The Bertz CT molecular complexity index is 1010. The van der Waals surface area contributed by atoms with Gasteiger partial charge in [-0.05, 0) is 42.3 Å². The summed E-state index contributed by atoms with van der Waals surface area (Å²) in [5.41, 5.74) is 1.29. The monoisotopic (exact) mass is 482 g/mol. The number of alkyl halides is 3. The molecule has 4 N–H and O–H groups in total. The molecule has 0 radical (unpaired) electrons. The standard InChI is InChI=1S/C21H21F3N4O4S/c22-21(23,24)32-13-5-3-12(4-6-13)27-20-28-16-17(30)15(29)8-14(18(16)33-20)19(31)26-10-11-2-1-7-25-9-11/h1-7,9,14-18,29-30H,8,10H2,(H,26,31)(H,27,28)/t14-,15-,16-,17+,18-/m1/s1. The number of thioether (sulfide) groups is 1. The number of aliphatic hydroxyl groups excluding tert-OH is 2. The molecule has 1 aromatic heterocycles. The summed E-state index contributed by atoms with van der Waals surface area (Å²) < 4.78 is 40.8. The van der Waals surface area contributed by atoms with Crippen LogP contribution in [0.2, 0.25) is 0 Å². The van der Waals surface area contributed by atoms with Crippen LogP contribution in [0.25, 0.3) is 0 Å². The fourth-order valence-electron chi connectivity index (χ4n) is 3.79. The van der Waals surface area contributed by atoms with Gasteiger partial charge in [-0.25, -0.2) is 0 Å². The van der Waals surface area contributed by atoms with Crippen molar-refractivity contribution in [3.8, 4) is 5.75 Å². The molecular weight excluding hydrogens is 461 g/mol. The van der Waals surface area contributed by atoms with Gasteiger partial charge in [0.2, 0.25) is 5.91 Å². The number of ether oxygens (including phenoxy) is 1. The Morgan fingerprint density at radius 3 is 2.64 bits per heavy atom. The maximum absolute atomic E-state index is 12.9. The van der Waals surface area contributed by atoms with Gasteiger partial charge in [0.25, 0.3) is 0 Å². The lowest BCUT2D eigenvalue weighted by molar-refractivity contribution is -0.274. The van der Waals surface area contributed by atoms with Crippen molar-refractivity contribution in [2.75, 3.05) is 5.32 Å². The van der Waals surface area contributed by atoms with E-state index in [1.165, 1.54) is 23.9 Å². The number of hydrogen-bond donors (Lipinski definition) is 4. The van der Waals surface area contributed by atoms with Gasteiger partial charge in [0, 0.05) is 29.9 Å². The number of nitrogens with zero attached hydrogens (tertiary/aromatic N) is 2. The number of hydrogen-bond acceptors (Lipinski definition) is 8. The first-order valence-corrected chi connectivity index (χ1v) is 11.0. The predicted octanol–water partition coefficient (Wildman–Crippen LogP) is 2.29. The average molecular weight is 482 g/mol. The van der Waals surface area contributed by atoms with Gasteiger partial charge >= 0.3 is 6.36 Å². The van der Waals surface area contributed by atoms with Crippen molar-refractivity contribution < 1.29 is 32.9 Å². The molecule has 2 heterocycles. The number of aliphatic hydroxyl groups is 2. The molecule has 8 nitrogen and oxygen atoms in total. The van der Waals surface area contributed by atoms with Crippen LogP contribution in [0, 0.1) is 5.92 Å². The summed E-state index contributed by atoms with van der Waals surface area (Å²) in [4.78, 5) is 21.3. The Hall–Kier alpha value is -2.83. The van der Waals surface area contributed by atoms with Crippen molar-refractivity contribution in [3.63, 3.8) is 0 Å². The van der Waals surface area contributed by atoms with E-state index in [2.05, 4.69) is 25.3 Å². The lowest BCUT2D eigenvalue weighted by Gasteiger charge is -2.37. The summed E-state index contributed by atoms with van der Waals surface area (Å²) >= 11 is 1.25. The van der Waals surface area contributed by atoms with E-state index < -0.39 is 35.8 Å². The maximum Gasteiger partial charge on any atom is 0.573 e. The van der Waals surface area contributed by atoms with E-state index in [1.807, 2.05) is 6.07 Å². The molecule has 1 aliphatic heterocycles. The number of rotatable bonds is 5. The second-order valence-corrected chi connectivity index (χ2v) is 8.85. The molecule has 0 saturated heterocycles. The van der Waals surface area contributed by atoms with E-state index in [0.717, 1.165) is 17.7 Å². The SMILES string of the molecule is O=C(NCc1cccnc1)[C@@H]1C[C@@H](O)[C@H](O)[C@H]2N=C(Nc3ccc(OC(F)(F)F)cc3)S[C@@H]21. The van der Waals surface area contributed by atoms with Crippen LogP contribution in [0.1, 0.15) is 12.0 Å². The number of halogens is 3. The zero-order valence-corrected chi connectivity index (χ0v) is 17.9. The largest absolute Gasteiger partial charge is 0.573 e. The third kappa shape index (κ3) is 5.75. The van der Waals surface area contributed by atoms with Gasteiger partial charge in [0.1, 0.15) is 11.9 Å². The van der Waals surface area contributed by atoms with Gasteiger partial charge in [-0.3, -0.25) is 14.8 Å².